The molecule has 9 heteroatoms. The molecular formula is C23H28N4O4S. The summed E-state index contributed by atoms with van der Waals surface area (Å²) in [7, 11) is 3.05. The number of hydrogen-bond donors (Lipinski definition) is 2. The topological polar surface area (TPSA) is 83.1 Å². The van der Waals surface area contributed by atoms with Crippen molar-refractivity contribution in [3.63, 3.8) is 0 Å². The van der Waals surface area contributed by atoms with Crippen molar-refractivity contribution in [2.45, 2.75) is 13.3 Å². The van der Waals surface area contributed by atoms with Crippen molar-refractivity contribution in [2.24, 2.45) is 0 Å². The number of anilines is 2. The van der Waals surface area contributed by atoms with Gasteiger partial charge < -0.3 is 24.6 Å². The molecule has 0 spiro atoms. The zero-order valence-corrected chi connectivity index (χ0v) is 19.3. The van der Waals surface area contributed by atoms with Crippen molar-refractivity contribution in [1.29, 1.82) is 0 Å². The van der Waals surface area contributed by atoms with E-state index in [1.165, 1.54) is 14.2 Å². The lowest BCUT2D eigenvalue weighted by Gasteiger charge is -2.36. The first-order valence-electron chi connectivity index (χ1n) is 10.4. The summed E-state index contributed by atoms with van der Waals surface area (Å²) in [4.78, 5) is 28.5. The Hall–Kier alpha value is -3.33. The van der Waals surface area contributed by atoms with Crippen LogP contribution in [0.25, 0.3) is 0 Å². The van der Waals surface area contributed by atoms with Crippen molar-refractivity contribution in [1.82, 2.24) is 10.2 Å². The highest BCUT2D eigenvalue weighted by atomic mass is 32.1. The molecule has 2 N–H and O–H groups in total. The maximum atomic E-state index is 12.5. The summed E-state index contributed by atoms with van der Waals surface area (Å²) in [6.07, 6.45) is 0.544. The van der Waals surface area contributed by atoms with Crippen LogP contribution in [0.5, 0.6) is 11.5 Å². The molecule has 0 aromatic heterocycles. The Bertz CT molecular complexity index is 972. The van der Waals surface area contributed by atoms with Gasteiger partial charge in [0.1, 0.15) is 0 Å². The van der Waals surface area contributed by atoms with Crippen LogP contribution in [-0.4, -0.2) is 62.2 Å². The second kappa shape index (κ2) is 10.8. The lowest BCUT2D eigenvalue weighted by atomic mass is 10.2. The molecule has 0 bridgehead atoms. The van der Waals surface area contributed by atoms with E-state index in [4.69, 9.17) is 21.7 Å². The van der Waals surface area contributed by atoms with E-state index < -0.39 is 0 Å². The Balaban J connectivity index is 1.54. The number of carbonyl (C=O) groups is 2. The van der Waals surface area contributed by atoms with E-state index in [0.717, 1.165) is 37.6 Å². The molecule has 0 atom stereocenters. The molecule has 0 radical (unpaired) electrons. The van der Waals surface area contributed by atoms with Crippen LogP contribution in [0.2, 0.25) is 0 Å². The van der Waals surface area contributed by atoms with Crippen LogP contribution < -0.4 is 25.0 Å². The standard InChI is InChI=1S/C23H28N4O4S/c1-4-21(28)27-13-11-26(12-14-27)18-8-6-17(7-9-18)24-23(32)25-22(29)16-5-10-19(30-2)20(15-16)31-3/h5-10,15H,4,11-14H2,1-3H3,(H2,24,25,29,32). The number of carbonyl (C=O) groups excluding carboxylic acids is 2. The van der Waals surface area contributed by atoms with Gasteiger partial charge in [-0.05, 0) is 54.7 Å². The number of nitrogens with zero attached hydrogens (tertiary/aromatic N) is 2. The van der Waals surface area contributed by atoms with Crippen molar-refractivity contribution in [2.75, 3.05) is 50.6 Å². The van der Waals surface area contributed by atoms with Crippen LogP contribution in [0.3, 0.4) is 0 Å². The van der Waals surface area contributed by atoms with Gasteiger partial charge >= 0.3 is 0 Å². The molecule has 1 fully saturated rings. The van der Waals surface area contributed by atoms with Crippen molar-refractivity contribution in [3.05, 3.63) is 48.0 Å². The molecule has 0 unspecified atom stereocenters. The fourth-order valence-corrected chi connectivity index (χ4v) is 3.72. The Labute approximate surface area is 193 Å². The SMILES string of the molecule is CCC(=O)N1CCN(c2ccc(NC(=S)NC(=O)c3ccc(OC)c(OC)c3)cc2)CC1. The van der Waals surface area contributed by atoms with Crippen molar-refractivity contribution >= 4 is 40.5 Å². The van der Waals surface area contributed by atoms with Gasteiger partial charge in [-0.1, -0.05) is 6.92 Å². The number of benzene rings is 2. The summed E-state index contributed by atoms with van der Waals surface area (Å²) >= 11 is 5.28. The number of methoxy groups -OCH3 is 2. The first kappa shape index (κ1) is 23.3. The average Bonchev–Trinajstić information content (AvgIpc) is 2.83. The van der Waals surface area contributed by atoms with E-state index in [1.807, 2.05) is 36.1 Å². The Kier molecular flexibility index (Phi) is 7.88. The van der Waals surface area contributed by atoms with E-state index in [1.54, 1.807) is 18.2 Å². The zero-order chi connectivity index (χ0) is 23.1. The van der Waals surface area contributed by atoms with Crippen LogP contribution in [0.15, 0.2) is 42.5 Å². The minimum atomic E-state index is -0.348. The number of piperazine rings is 1. The minimum absolute atomic E-state index is 0.198. The van der Waals surface area contributed by atoms with Crippen LogP contribution in [-0.2, 0) is 4.79 Å². The molecule has 3 rings (SSSR count). The third kappa shape index (κ3) is 5.67. The summed E-state index contributed by atoms with van der Waals surface area (Å²) in [6.45, 7) is 4.97. The molecule has 1 aliphatic rings. The number of amides is 2. The van der Waals surface area contributed by atoms with Gasteiger partial charge in [0.15, 0.2) is 16.6 Å². The molecule has 1 saturated heterocycles. The first-order chi connectivity index (χ1) is 15.4. The largest absolute Gasteiger partial charge is 0.493 e. The number of rotatable bonds is 6. The summed E-state index contributed by atoms with van der Waals surface area (Å²) in [5.74, 6) is 0.866. The highest BCUT2D eigenvalue weighted by molar-refractivity contribution is 7.80. The number of nitrogens with one attached hydrogen (secondary N) is 2. The zero-order valence-electron chi connectivity index (χ0n) is 18.5. The molecule has 0 saturated carbocycles. The van der Waals surface area contributed by atoms with Crippen LogP contribution >= 0.6 is 12.2 Å². The number of ether oxygens (including phenoxy) is 2. The van der Waals surface area contributed by atoms with Gasteiger partial charge in [0, 0.05) is 49.5 Å². The third-order valence-electron chi connectivity index (χ3n) is 5.30. The highest BCUT2D eigenvalue weighted by Crippen LogP contribution is 2.27. The Morgan fingerprint density at radius 1 is 0.969 bits per heavy atom. The Morgan fingerprint density at radius 3 is 2.22 bits per heavy atom. The van der Waals surface area contributed by atoms with E-state index in [2.05, 4.69) is 15.5 Å². The maximum Gasteiger partial charge on any atom is 0.257 e. The van der Waals surface area contributed by atoms with Crippen molar-refractivity contribution in [3.8, 4) is 11.5 Å². The molecule has 2 aromatic carbocycles. The van der Waals surface area contributed by atoms with Gasteiger partial charge in [-0.15, -0.1) is 0 Å². The molecule has 8 nitrogen and oxygen atoms in total. The van der Waals surface area contributed by atoms with Crippen molar-refractivity contribution < 1.29 is 19.1 Å². The molecule has 1 aliphatic heterocycles. The number of hydrogen-bond acceptors (Lipinski definition) is 6. The van der Waals surface area contributed by atoms with Gasteiger partial charge in [-0.3, -0.25) is 14.9 Å². The van der Waals surface area contributed by atoms with Crippen LogP contribution in [0.4, 0.5) is 11.4 Å². The monoisotopic (exact) mass is 456 g/mol. The van der Waals surface area contributed by atoms with E-state index in [0.29, 0.717) is 23.5 Å². The predicted octanol–water partition coefficient (Wildman–Crippen LogP) is 2.89. The second-order valence-corrected chi connectivity index (χ2v) is 7.65. The molecule has 2 amide bonds. The van der Waals surface area contributed by atoms with Crippen LogP contribution in [0.1, 0.15) is 23.7 Å². The summed E-state index contributed by atoms with van der Waals surface area (Å²) in [6, 6.07) is 12.7. The fourth-order valence-electron chi connectivity index (χ4n) is 3.51. The lowest BCUT2D eigenvalue weighted by Crippen LogP contribution is -2.48. The molecule has 2 aromatic rings. The predicted molar refractivity (Wildman–Crippen MR) is 129 cm³/mol. The van der Waals surface area contributed by atoms with Crippen LogP contribution in [0, 0.1) is 0 Å². The quantitative estimate of drug-likeness (QED) is 0.647. The van der Waals surface area contributed by atoms with Gasteiger partial charge in [0.2, 0.25) is 5.91 Å². The van der Waals surface area contributed by atoms with Gasteiger partial charge in [0.25, 0.3) is 5.91 Å². The van der Waals surface area contributed by atoms with Gasteiger partial charge in [-0.25, -0.2) is 0 Å². The molecule has 0 aliphatic carbocycles. The molecule has 32 heavy (non-hydrogen) atoms. The van der Waals surface area contributed by atoms with Gasteiger partial charge in [-0.2, -0.15) is 0 Å². The highest BCUT2D eigenvalue weighted by Gasteiger charge is 2.20. The molecule has 1 heterocycles. The van der Waals surface area contributed by atoms with E-state index >= 15 is 0 Å². The Morgan fingerprint density at radius 2 is 1.62 bits per heavy atom. The van der Waals surface area contributed by atoms with E-state index in [9.17, 15) is 9.59 Å². The molecule has 170 valence electrons. The first-order valence-corrected chi connectivity index (χ1v) is 10.8. The maximum absolute atomic E-state index is 12.5. The summed E-state index contributed by atoms with van der Waals surface area (Å²) in [5.41, 5.74) is 2.26. The lowest BCUT2D eigenvalue weighted by molar-refractivity contribution is -0.131. The fraction of sp³-hybridized carbons (Fsp3) is 0.348. The number of thiocarbonyl (C=S) groups is 1. The minimum Gasteiger partial charge on any atom is -0.493 e. The summed E-state index contributed by atoms with van der Waals surface area (Å²) in [5, 5.41) is 5.89. The van der Waals surface area contributed by atoms with E-state index in [-0.39, 0.29) is 16.9 Å². The van der Waals surface area contributed by atoms with Gasteiger partial charge in [0.05, 0.1) is 14.2 Å². The normalized spacial score (nSPS) is 13.3. The average molecular weight is 457 g/mol. The second-order valence-electron chi connectivity index (χ2n) is 7.25. The smallest absolute Gasteiger partial charge is 0.257 e. The summed E-state index contributed by atoms with van der Waals surface area (Å²) < 4.78 is 10.4. The molecular weight excluding hydrogens is 428 g/mol. The third-order valence-corrected chi connectivity index (χ3v) is 5.50.